The molecule has 134 valence electrons. The van der Waals surface area contributed by atoms with Crippen LogP contribution in [0.4, 0.5) is 0 Å². The second kappa shape index (κ2) is 7.67. The van der Waals surface area contributed by atoms with E-state index in [1.807, 2.05) is 31.2 Å². The maximum Gasteiger partial charge on any atom is 0.336 e. The van der Waals surface area contributed by atoms with Crippen molar-refractivity contribution in [1.29, 1.82) is 0 Å². The quantitative estimate of drug-likeness (QED) is 0.788. The molecule has 0 aliphatic carbocycles. The summed E-state index contributed by atoms with van der Waals surface area (Å²) in [6, 6.07) is 10.3. The number of aryl methyl sites for hydroxylation is 1. The standard InChI is InChI=1S/C18H21NO5S/c1-12-4-6-14(7-5-12)8-9-19-25(22,23)15-10-16(18(20)21)13(2)17(11-15)24-3/h4-7,10-11,19H,8-9H2,1-3H3,(H,20,21). The average Bonchev–Trinajstić information content (AvgIpc) is 2.56. The van der Waals surface area contributed by atoms with Crippen LogP contribution >= 0.6 is 0 Å². The smallest absolute Gasteiger partial charge is 0.336 e. The van der Waals surface area contributed by atoms with E-state index in [0.29, 0.717) is 12.0 Å². The molecule has 0 saturated carbocycles. The van der Waals surface area contributed by atoms with E-state index in [2.05, 4.69) is 4.72 Å². The highest BCUT2D eigenvalue weighted by Crippen LogP contribution is 2.26. The molecule has 0 aliphatic rings. The lowest BCUT2D eigenvalue weighted by atomic mass is 10.1. The monoisotopic (exact) mass is 363 g/mol. The van der Waals surface area contributed by atoms with E-state index >= 15 is 0 Å². The molecule has 0 aromatic heterocycles. The molecule has 0 amide bonds. The van der Waals surface area contributed by atoms with Crippen molar-refractivity contribution in [3.8, 4) is 5.75 Å². The molecule has 0 radical (unpaired) electrons. The first-order chi connectivity index (χ1) is 11.7. The van der Waals surface area contributed by atoms with Crippen molar-refractivity contribution in [3.63, 3.8) is 0 Å². The fourth-order valence-electron chi connectivity index (χ4n) is 2.42. The summed E-state index contributed by atoms with van der Waals surface area (Å²) >= 11 is 0. The molecule has 0 fully saturated rings. The number of rotatable bonds is 7. The van der Waals surface area contributed by atoms with Gasteiger partial charge in [-0.2, -0.15) is 0 Å². The first-order valence-corrected chi connectivity index (χ1v) is 9.20. The molecule has 2 aromatic carbocycles. The number of ether oxygens (including phenoxy) is 1. The molecule has 2 N–H and O–H groups in total. The molecule has 0 aliphatic heterocycles. The molecule has 0 unspecified atom stereocenters. The van der Waals surface area contributed by atoms with E-state index in [4.69, 9.17) is 4.74 Å². The van der Waals surface area contributed by atoms with Gasteiger partial charge in [-0.05, 0) is 31.9 Å². The average molecular weight is 363 g/mol. The predicted octanol–water partition coefficient (Wildman–Crippen LogP) is 2.53. The number of hydrogen-bond acceptors (Lipinski definition) is 4. The Hall–Kier alpha value is -2.38. The molecule has 2 rings (SSSR count). The Morgan fingerprint density at radius 2 is 1.80 bits per heavy atom. The van der Waals surface area contributed by atoms with E-state index in [1.54, 1.807) is 6.92 Å². The molecule has 25 heavy (non-hydrogen) atoms. The fourth-order valence-corrected chi connectivity index (χ4v) is 3.49. The molecular formula is C18H21NO5S. The number of benzene rings is 2. The highest BCUT2D eigenvalue weighted by atomic mass is 32.2. The van der Waals surface area contributed by atoms with Gasteiger partial charge in [0, 0.05) is 18.2 Å². The number of carboxylic acid groups (broad SMARTS) is 1. The molecule has 0 atom stereocenters. The Balaban J connectivity index is 2.19. The summed E-state index contributed by atoms with van der Waals surface area (Å²) < 4.78 is 32.5. The maximum absolute atomic E-state index is 12.5. The second-order valence-corrected chi connectivity index (χ2v) is 7.50. The molecule has 0 saturated heterocycles. The van der Waals surface area contributed by atoms with E-state index in [1.165, 1.54) is 13.2 Å². The van der Waals surface area contributed by atoms with Crippen LogP contribution in [-0.4, -0.2) is 33.1 Å². The zero-order valence-electron chi connectivity index (χ0n) is 14.4. The van der Waals surface area contributed by atoms with Crippen LogP contribution in [-0.2, 0) is 16.4 Å². The Morgan fingerprint density at radius 1 is 1.16 bits per heavy atom. The van der Waals surface area contributed by atoms with Gasteiger partial charge in [0.2, 0.25) is 10.0 Å². The number of carbonyl (C=O) groups is 1. The van der Waals surface area contributed by atoms with Crippen LogP contribution in [0, 0.1) is 13.8 Å². The van der Waals surface area contributed by atoms with Gasteiger partial charge in [-0.15, -0.1) is 0 Å². The third-order valence-corrected chi connectivity index (χ3v) is 5.36. The van der Waals surface area contributed by atoms with Crippen LogP contribution in [0.15, 0.2) is 41.3 Å². The van der Waals surface area contributed by atoms with Crippen LogP contribution in [0.1, 0.15) is 27.0 Å². The normalized spacial score (nSPS) is 11.3. The van der Waals surface area contributed by atoms with Crippen molar-refractivity contribution >= 4 is 16.0 Å². The van der Waals surface area contributed by atoms with E-state index in [0.717, 1.165) is 17.2 Å². The number of nitrogens with one attached hydrogen (secondary N) is 1. The summed E-state index contributed by atoms with van der Waals surface area (Å²) in [5, 5.41) is 9.25. The van der Waals surface area contributed by atoms with Crippen molar-refractivity contribution in [1.82, 2.24) is 4.72 Å². The van der Waals surface area contributed by atoms with Gasteiger partial charge < -0.3 is 9.84 Å². The van der Waals surface area contributed by atoms with Gasteiger partial charge in [0.05, 0.1) is 17.6 Å². The third-order valence-electron chi connectivity index (χ3n) is 3.92. The van der Waals surface area contributed by atoms with Gasteiger partial charge in [0.1, 0.15) is 5.75 Å². The zero-order valence-corrected chi connectivity index (χ0v) is 15.2. The molecule has 2 aromatic rings. The Bertz CT molecular complexity index is 873. The lowest BCUT2D eigenvalue weighted by molar-refractivity contribution is 0.0695. The summed E-state index contributed by atoms with van der Waals surface area (Å²) in [4.78, 5) is 11.2. The third kappa shape index (κ3) is 4.58. The first kappa shape index (κ1) is 19.0. The largest absolute Gasteiger partial charge is 0.496 e. The molecule has 0 spiro atoms. The SMILES string of the molecule is COc1cc(S(=O)(=O)NCCc2ccc(C)cc2)cc(C(=O)O)c1C. The summed E-state index contributed by atoms with van der Waals surface area (Å²) in [6.07, 6.45) is 0.536. The Morgan fingerprint density at radius 3 is 2.36 bits per heavy atom. The van der Waals surface area contributed by atoms with Gasteiger partial charge in [0.15, 0.2) is 0 Å². The minimum Gasteiger partial charge on any atom is -0.496 e. The molecule has 0 heterocycles. The lowest BCUT2D eigenvalue weighted by Gasteiger charge is -2.12. The summed E-state index contributed by atoms with van der Waals surface area (Å²) in [5.74, 6) is -0.980. The number of hydrogen-bond donors (Lipinski definition) is 2. The number of carboxylic acids is 1. The van der Waals surface area contributed by atoms with Gasteiger partial charge in [-0.25, -0.2) is 17.9 Å². The predicted molar refractivity (Wildman–Crippen MR) is 94.8 cm³/mol. The number of aromatic carboxylic acids is 1. The molecule has 0 bridgehead atoms. The van der Waals surface area contributed by atoms with Gasteiger partial charge in [-0.3, -0.25) is 0 Å². The van der Waals surface area contributed by atoms with Crippen LogP contribution in [0.2, 0.25) is 0 Å². The topological polar surface area (TPSA) is 92.7 Å². The summed E-state index contributed by atoms with van der Waals surface area (Å²) in [7, 11) is -2.47. The van der Waals surface area contributed by atoms with Crippen LogP contribution in [0.5, 0.6) is 5.75 Å². The molecule has 7 heteroatoms. The van der Waals surface area contributed by atoms with E-state index in [-0.39, 0.29) is 22.8 Å². The second-order valence-electron chi connectivity index (χ2n) is 5.74. The summed E-state index contributed by atoms with van der Waals surface area (Å²) in [5.41, 5.74) is 2.44. The maximum atomic E-state index is 12.5. The number of methoxy groups -OCH3 is 1. The Labute approximate surface area is 147 Å². The van der Waals surface area contributed by atoms with E-state index in [9.17, 15) is 18.3 Å². The minimum atomic E-state index is -3.84. The van der Waals surface area contributed by atoms with Crippen LogP contribution in [0.25, 0.3) is 0 Å². The Kier molecular flexibility index (Phi) is 5.81. The summed E-state index contributed by atoms with van der Waals surface area (Å²) in [6.45, 7) is 3.77. The van der Waals surface area contributed by atoms with Gasteiger partial charge in [0.25, 0.3) is 0 Å². The van der Waals surface area contributed by atoms with Crippen molar-refractivity contribution in [2.24, 2.45) is 0 Å². The lowest BCUT2D eigenvalue weighted by Crippen LogP contribution is -2.26. The minimum absolute atomic E-state index is 0.0988. The molecular weight excluding hydrogens is 342 g/mol. The highest BCUT2D eigenvalue weighted by Gasteiger charge is 2.20. The van der Waals surface area contributed by atoms with Crippen molar-refractivity contribution in [3.05, 3.63) is 58.7 Å². The van der Waals surface area contributed by atoms with Crippen molar-refractivity contribution < 1.29 is 23.1 Å². The van der Waals surface area contributed by atoms with Crippen LogP contribution in [0.3, 0.4) is 0 Å². The van der Waals surface area contributed by atoms with Gasteiger partial charge >= 0.3 is 5.97 Å². The van der Waals surface area contributed by atoms with Gasteiger partial charge in [-0.1, -0.05) is 29.8 Å². The highest BCUT2D eigenvalue weighted by molar-refractivity contribution is 7.89. The van der Waals surface area contributed by atoms with Crippen LogP contribution < -0.4 is 9.46 Å². The zero-order chi connectivity index (χ0) is 18.6. The fraction of sp³-hybridized carbons (Fsp3) is 0.278. The first-order valence-electron chi connectivity index (χ1n) is 7.71. The molecule has 6 nitrogen and oxygen atoms in total. The van der Waals surface area contributed by atoms with Crippen molar-refractivity contribution in [2.45, 2.75) is 25.2 Å². The van der Waals surface area contributed by atoms with E-state index < -0.39 is 16.0 Å². The van der Waals surface area contributed by atoms with Crippen molar-refractivity contribution in [2.75, 3.05) is 13.7 Å². The number of sulfonamides is 1.